The highest BCUT2D eigenvalue weighted by Crippen LogP contribution is 2.46. The lowest BCUT2D eigenvalue weighted by Crippen LogP contribution is -2.55. The first-order valence-corrected chi connectivity index (χ1v) is 17.1. The van der Waals surface area contributed by atoms with Crippen LogP contribution in [0.25, 0.3) is 0 Å². The molecular formula is C33H35ClF2N4O3S. The van der Waals surface area contributed by atoms with Crippen molar-refractivity contribution in [3.63, 3.8) is 0 Å². The second kappa shape index (κ2) is 11.3. The monoisotopic (exact) mass is 640 g/mol. The van der Waals surface area contributed by atoms with Crippen molar-refractivity contribution in [2.75, 3.05) is 49.6 Å². The number of piperazine rings is 1. The minimum atomic E-state index is -3.71. The molecule has 3 aromatic carbocycles. The zero-order chi connectivity index (χ0) is 30.7. The van der Waals surface area contributed by atoms with E-state index in [0.717, 1.165) is 67.7 Å². The summed E-state index contributed by atoms with van der Waals surface area (Å²) < 4.78 is 57.4. The van der Waals surface area contributed by atoms with Crippen LogP contribution < -0.4 is 9.80 Å². The average Bonchev–Trinajstić information content (AvgIpc) is 3.53. The molecule has 0 aliphatic carbocycles. The fourth-order valence-corrected chi connectivity index (χ4v) is 9.42. The Bertz CT molecular complexity index is 1700. The van der Waals surface area contributed by atoms with Gasteiger partial charge in [0.1, 0.15) is 0 Å². The number of benzene rings is 3. The molecule has 3 fully saturated rings. The quantitative estimate of drug-likeness (QED) is 0.336. The van der Waals surface area contributed by atoms with Crippen molar-refractivity contribution in [2.24, 2.45) is 0 Å². The molecule has 2 unspecified atom stereocenters. The van der Waals surface area contributed by atoms with Crippen LogP contribution in [0.5, 0.6) is 0 Å². The number of halogens is 3. The van der Waals surface area contributed by atoms with Crippen LogP contribution in [0, 0.1) is 11.6 Å². The van der Waals surface area contributed by atoms with Gasteiger partial charge in [0.2, 0.25) is 10.0 Å². The molecule has 1 amide bonds. The zero-order valence-corrected chi connectivity index (χ0v) is 26.1. The molecule has 7 nitrogen and oxygen atoms in total. The molecule has 0 saturated carbocycles. The van der Waals surface area contributed by atoms with Crippen LogP contribution in [0.2, 0.25) is 5.02 Å². The minimum Gasteiger partial charge on any atom is -0.372 e. The van der Waals surface area contributed by atoms with Gasteiger partial charge in [-0.1, -0.05) is 41.9 Å². The van der Waals surface area contributed by atoms with E-state index in [2.05, 4.69) is 21.9 Å². The third-order valence-corrected chi connectivity index (χ3v) is 12.1. The van der Waals surface area contributed by atoms with Crippen molar-refractivity contribution < 1.29 is 22.0 Å². The smallest absolute Gasteiger partial charge is 0.255 e. The van der Waals surface area contributed by atoms with Crippen LogP contribution in [0.3, 0.4) is 0 Å². The Hall–Kier alpha value is -3.21. The Balaban J connectivity index is 1.16. The highest BCUT2D eigenvalue weighted by molar-refractivity contribution is 7.89. The maximum absolute atomic E-state index is 14.1. The van der Waals surface area contributed by atoms with Crippen LogP contribution in [0.15, 0.2) is 59.5 Å². The summed E-state index contributed by atoms with van der Waals surface area (Å²) in [6.45, 7) is 2.52. The normalized spacial score (nSPS) is 22.5. The topological polar surface area (TPSA) is 64.2 Å². The number of carbonyl (C=O) groups excluding carboxylic acids is 1. The van der Waals surface area contributed by atoms with Gasteiger partial charge in [0.05, 0.1) is 26.9 Å². The third-order valence-electron chi connectivity index (χ3n) is 9.89. The van der Waals surface area contributed by atoms with E-state index < -0.39 is 27.6 Å². The maximum Gasteiger partial charge on any atom is 0.255 e. The van der Waals surface area contributed by atoms with Gasteiger partial charge in [-0.3, -0.25) is 4.79 Å². The summed E-state index contributed by atoms with van der Waals surface area (Å²) in [5.41, 5.74) is 4.17. The SMILES string of the molecule is CN1CCc2cc(S(=O)(=O)N3CCC(c4ccccc4)CC3)cc(N3C4CCC3CN(C(=O)c3cc(F)c(F)cc3Cl)C4)c21. The van der Waals surface area contributed by atoms with Crippen molar-refractivity contribution >= 4 is 38.9 Å². The van der Waals surface area contributed by atoms with Gasteiger partial charge in [0, 0.05) is 51.9 Å². The molecule has 11 heteroatoms. The van der Waals surface area contributed by atoms with Gasteiger partial charge in [0.15, 0.2) is 11.6 Å². The minimum absolute atomic E-state index is 0.0422. The summed E-state index contributed by atoms with van der Waals surface area (Å²) in [4.78, 5) is 19.9. The molecular weight excluding hydrogens is 606 g/mol. The molecule has 0 aromatic heterocycles. The lowest BCUT2D eigenvalue weighted by molar-refractivity contribution is 0.0717. The van der Waals surface area contributed by atoms with Gasteiger partial charge < -0.3 is 14.7 Å². The maximum atomic E-state index is 14.1. The molecule has 0 spiro atoms. The van der Waals surface area contributed by atoms with E-state index >= 15 is 0 Å². The number of nitrogens with zero attached hydrogens (tertiary/aromatic N) is 4. The number of hydrogen-bond acceptors (Lipinski definition) is 5. The molecule has 232 valence electrons. The fourth-order valence-electron chi connectivity index (χ4n) is 7.65. The largest absolute Gasteiger partial charge is 0.372 e. The summed E-state index contributed by atoms with van der Waals surface area (Å²) in [7, 11) is -1.68. The van der Waals surface area contributed by atoms with Crippen molar-refractivity contribution in [3.05, 3.63) is 87.9 Å². The Morgan fingerprint density at radius 1 is 0.886 bits per heavy atom. The second-order valence-corrected chi connectivity index (χ2v) is 14.8. The van der Waals surface area contributed by atoms with Gasteiger partial charge in [0.25, 0.3) is 5.91 Å². The molecule has 4 aliphatic heterocycles. The number of sulfonamides is 1. The molecule has 2 atom stereocenters. The number of hydrogen-bond donors (Lipinski definition) is 0. The molecule has 0 radical (unpaired) electrons. The number of likely N-dealkylation sites (N-methyl/N-ethyl adjacent to an activating group) is 1. The molecule has 3 aromatic rings. The van der Waals surface area contributed by atoms with E-state index in [9.17, 15) is 22.0 Å². The standard InChI is InChI=1S/C33H35ClF2N4O3S/c1-37-12-9-23-15-26(44(42,43)39-13-10-22(11-14-39)21-5-3-2-4-6-21)16-31(32(23)37)40-24-7-8-25(40)20-38(19-24)33(41)27-17-29(35)30(36)18-28(27)34/h2-6,15-18,22,24-25H,7-14,19-20H2,1H3. The molecule has 4 heterocycles. The Kier molecular flexibility index (Phi) is 7.58. The summed E-state index contributed by atoms with van der Waals surface area (Å²) in [5, 5.41) is -0.117. The third kappa shape index (κ3) is 5.04. The number of rotatable bonds is 5. The van der Waals surface area contributed by atoms with E-state index in [1.807, 2.05) is 37.4 Å². The number of amides is 1. The number of fused-ring (bicyclic) bond motifs is 3. The zero-order valence-electron chi connectivity index (χ0n) is 24.6. The van der Waals surface area contributed by atoms with Gasteiger partial charge in [-0.25, -0.2) is 17.2 Å². The average molecular weight is 641 g/mol. The van der Waals surface area contributed by atoms with Crippen LogP contribution in [-0.2, 0) is 16.4 Å². The van der Waals surface area contributed by atoms with E-state index in [0.29, 0.717) is 37.0 Å². The first kappa shape index (κ1) is 29.5. The molecule has 4 aliphatic rings. The van der Waals surface area contributed by atoms with Gasteiger partial charge >= 0.3 is 0 Å². The predicted octanol–water partition coefficient (Wildman–Crippen LogP) is 5.67. The lowest BCUT2D eigenvalue weighted by Gasteiger charge is -2.44. The summed E-state index contributed by atoms with van der Waals surface area (Å²) >= 11 is 6.14. The molecule has 2 bridgehead atoms. The molecule has 0 N–H and O–H groups in total. The highest BCUT2D eigenvalue weighted by Gasteiger charge is 2.44. The van der Waals surface area contributed by atoms with Crippen LogP contribution in [-0.4, -0.2) is 75.4 Å². The number of likely N-dealkylation sites (tertiary alicyclic amines) is 1. The molecule has 7 rings (SSSR count). The van der Waals surface area contributed by atoms with Crippen molar-refractivity contribution in [2.45, 2.75) is 55.0 Å². The Labute approximate surface area is 262 Å². The van der Waals surface area contributed by atoms with E-state index in [-0.39, 0.29) is 22.7 Å². The summed E-state index contributed by atoms with van der Waals surface area (Å²) in [6.07, 6.45) is 4.00. The fraction of sp³-hybridized carbons (Fsp3) is 0.424. The van der Waals surface area contributed by atoms with Crippen molar-refractivity contribution in [1.29, 1.82) is 0 Å². The number of carbonyl (C=O) groups is 1. The molecule has 44 heavy (non-hydrogen) atoms. The number of anilines is 2. The van der Waals surface area contributed by atoms with Gasteiger partial charge in [-0.2, -0.15) is 4.31 Å². The van der Waals surface area contributed by atoms with E-state index in [4.69, 9.17) is 11.6 Å². The first-order chi connectivity index (χ1) is 21.1. The predicted molar refractivity (Wildman–Crippen MR) is 167 cm³/mol. The Morgan fingerprint density at radius 2 is 1.55 bits per heavy atom. The van der Waals surface area contributed by atoms with Crippen LogP contribution in [0.4, 0.5) is 20.2 Å². The molecule has 3 saturated heterocycles. The first-order valence-electron chi connectivity index (χ1n) is 15.3. The number of piperidine rings is 1. The Morgan fingerprint density at radius 3 is 2.23 bits per heavy atom. The summed E-state index contributed by atoms with van der Waals surface area (Å²) in [5.74, 6) is -2.28. The van der Waals surface area contributed by atoms with Crippen LogP contribution in [0.1, 0.15) is 53.1 Å². The summed E-state index contributed by atoms with van der Waals surface area (Å²) in [6, 6.07) is 15.6. The van der Waals surface area contributed by atoms with Crippen molar-refractivity contribution in [1.82, 2.24) is 9.21 Å². The lowest BCUT2D eigenvalue weighted by atomic mass is 9.90. The highest BCUT2D eigenvalue weighted by atomic mass is 35.5. The van der Waals surface area contributed by atoms with E-state index in [1.165, 1.54) is 5.56 Å². The second-order valence-electron chi connectivity index (χ2n) is 12.5. The van der Waals surface area contributed by atoms with E-state index in [1.54, 1.807) is 9.21 Å². The van der Waals surface area contributed by atoms with Gasteiger partial charge in [-0.05, 0) is 73.4 Å². The van der Waals surface area contributed by atoms with Crippen molar-refractivity contribution in [3.8, 4) is 0 Å². The van der Waals surface area contributed by atoms with Crippen LogP contribution >= 0.6 is 11.6 Å². The van der Waals surface area contributed by atoms with Gasteiger partial charge in [-0.15, -0.1) is 0 Å².